The van der Waals surface area contributed by atoms with Crippen LogP contribution < -0.4 is 5.32 Å². The first-order valence-electron chi connectivity index (χ1n) is 9.97. The van der Waals surface area contributed by atoms with Gasteiger partial charge in [-0.25, -0.2) is 4.79 Å². The van der Waals surface area contributed by atoms with Crippen LogP contribution in [0, 0.1) is 20.8 Å². The molecule has 2 aromatic rings. The zero-order valence-corrected chi connectivity index (χ0v) is 18.2. The van der Waals surface area contributed by atoms with Crippen LogP contribution in [-0.4, -0.2) is 35.4 Å². The summed E-state index contributed by atoms with van der Waals surface area (Å²) in [6, 6.07) is 10.8. The Kier molecular flexibility index (Phi) is 6.70. The molecule has 0 radical (unpaired) electrons. The molecule has 2 N–H and O–H groups in total. The lowest BCUT2D eigenvalue weighted by atomic mass is 10.0. The molecule has 1 aliphatic heterocycles. The van der Waals surface area contributed by atoms with Crippen LogP contribution in [-0.2, 0) is 11.3 Å². The van der Waals surface area contributed by atoms with Crippen LogP contribution in [0.25, 0.3) is 0 Å². The standard InChI is InChI=1S/C23H29ClN2O3/c1-14-5-6-20(25-17(4)18-9-15(2)22(24)16(3)10-18)11-19(14)12-26-8-7-21(13-26)29-23(27)28/h5-6,9-11,17,21,25H,7-8,12-13H2,1-4H3,(H,27,28)/t17-,21-/m1/s1. The number of anilines is 1. The molecule has 0 spiro atoms. The van der Waals surface area contributed by atoms with Crippen molar-refractivity contribution in [3.05, 3.63) is 63.2 Å². The van der Waals surface area contributed by atoms with E-state index >= 15 is 0 Å². The number of ether oxygens (including phenoxy) is 1. The van der Waals surface area contributed by atoms with Gasteiger partial charge in [0.2, 0.25) is 0 Å². The quantitative estimate of drug-likeness (QED) is 0.591. The summed E-state index contributed by atoms with van der Waals surface area (Å²) < 4.78 is 4.92. The van der Waals surface area contributed by atoms with Crippen molar-refractivity contribution in [2.75, 3.05) is 18.4 Å². The van der Waals surface area contributed by atoms with E-state index in [-0.39, 0.29) is 12.1 Å². The average Bonchev–Trinajstić information content (AvgIpc) is 3.08. The molecule has 1 heterocycles. The highest BCUT2D eigenvalue weighted by atomic mass is 35.5. The number of nitrogens with zero attached hydrogens (tertiary/aromatic N) is 1. The molecular weight excluding hydrogens is 388 g/mol. The second-order valence-corrected chi connectivity index (χ2v) is 8.38. The highest BCUT2D eigenvalue weighted by molar-refractivity contribution is 6.32. The number of rotatable bonds is 6. The first-order valence-corrected chi connectivity index (χ1v) is 10.4. The Hall–Kier alpha value is -2.24. The second-order valence-electron chi connectivity index (χ2n) is 8.01. The molecule has 1 fully saturated rings. The van der Waals surface area contributed by atoms with Crippen LogP contribution in [0.1, 0.15) is 47.2 Å². The summed E-state index contributed by atoms with van der Waals surface area (Å²) in [7, 11) is 0. The molecule has 6 heteroatoms. The Balaban J connectivity index is 1.68. The van der Waals surface area contributed by atoms with Crippen LogP contribution in [0.5, 0.6) is 0 Å². The summed E-state index contributed by atoms with van der Waals surface area (Å²) in [6.45, 7) is 10.6. The third-order valence-electron chi connectivity index (χ3n) is 5.58. The number of carbonyl (C=O) groups is 1. The minimum Gasteiger partial charge on any atom is -0.450 e. The number of benzene rings is 2. The maximum atomic E-state index is 10.7. The highest BCUT2D eigenvalue weighted by Crippen LogP contribution is 2.28. The van der Waals surface area contributed by atoms with Gasteiger partial charge >= 0.3 is 6.16 Å². The summed E-state index contributed by atoms with van der Waals surface area (Å²) >= 11 is 6.31. The summed E-state index contributed by atoms with van der Waals surface area (Å²) in [5, 5.41) is 13.2. The fourth-order valence-corrected chi connectivity index (χ4v) is 4.02. The van der Waals surface area contributed by atoms with Gasteiger partial charge in [-0.2, -0.15) is 0 Å². The van der Waals surface area contributed by atoms with E-state index in [4.69, 9.17) is 21.4 Å². The molecule has 1 saturated heterocycles. The van der Waals surface area contributed by atoms with Gasteiger partial charge in [-0.15, -0.1) is 0 Å². The number of hydrogen-bond donors (Lipinski definition) is 2. The number of likely N-dealkylation sites (tertiary alicyclic amines) is 1. The largest absolute Gasteiger partial charge is 0.506 e. The molecule has 156 valence electrons. The van der Waals surface area contributed by atoms with Crippen molar-refractivity contribution < 1.29 is 14.6 Å². The molecule has 0 amide bonds. The molecule has 0 bridgehead atoms. The predicted molar refractivity (Wildman–Crippen MR) is 117 cm³/mol. The van der Waals surface area contributed by atoms with Gasteiger partial charge in [-0.1, -0.05) is 29.8 Å². The van der Waals surface area contributed by atoms with Gasteiger partial charge in [0.05, 0.1) is 0 Å². The van der Waals surface area contributed by atoms with Gasteiger partial charge in [0, 0.05) is 36.4 Å². The monoisotopic (exact) mass is 416 g/mol. The van der Waals surface area contributed by atoms with E-state index in [1.165, 1.54) is 16.7 Å². The Bertz CT molecular complexity index is 877. The van der Waals surface area contributed by atoms with Gasteiger partial charge in [-0.05, 0) is 74.1 Å². The van der Waals surface area contributed by atoms with Gasteiger partial charge in [0.1, 0.15) is 6.10 Å². The number of carboxylic acid groups (broad SMARTS) is 1. The maximum absolute atomic E-state index is 10.7. The van der Waals surface area contributed by atoms with E-state index in [0.717, 1.165) is 41.3 Å². The number of halogens is 1. The Morgan fingerprint density at radius 1 is 1.24 bits per heavy atom. The molecule has 0 saturated carbocycles. The maximum Gasteiger partial charge on any atom is 0.506 e. The SMILES string of the molecule is Cc1ccc(N[C@H](C)c2cc(C)c(Cl)c(C)c2)cc1CN1CC[C@@H](OC(=O)O)C1. The topological polar surface area (TPSA) is 61.8 Å². The van der Waals surface area contributed by atoms with Crippen molar-refractivity contribution in [3.63, 3.8) is 0 Å². The summed E-state index contributed by atoms with van der Waals surface area (Å²) in [5.74, 6) is 0. The lowest BCUT2D eigenvalue weighted by Crippen LogP contribution is -2.24. The minimum atomic E-state index is -1.19. The lowest BCUT2D eigenvalue weighted by molar-refractivity contribution is 0.0548. The predicted octanol–water partition coefficient (Wildman–Crippen LogP) is 5.71. The first kappa shape index (κ1) is 21.5. The van der Waals surface area contributed by atoms with Crippen molar-refractivity contribution in [1.29, 1.82) is 0 Å². The molecule has 0 unspecified atom stereocenters. The van der Waals surface area contributed by atoms with Crippen molar-refractivity contribution >= 4 is 23.4 Å². The molecule has 2 aromatic carbocycles. The van der Waals surface area contributed by atoms with Crippen molar-refractivity contribution in [2.24, 2.45) is 0 Å². The van der Waals surface area contributed by atoms with E-state index in [1.807, 2.05) is 13.8 Å². The highest BCUT2D eigenvalue weighted by Gasteiger charge is 2.25. The fourth-order valence-electron chi connectivity index (χ4n) is 3.91. The second kappa shape index (κ2) is 9.06. The van der Waals surface area contributed by atoms with Crippen LogP contribution in [0.15, 0.2) is 30.3 Å². The molecular formula is C23H29ClN2O3. The Labute approximate surface area is 177 Å². The van der Waals surface area contributed by atoms with Crippen molar-refractivity contribution in [3.8, 4) is 0 Å². The lowest BCUT2D eigenvalue weighted by Gasteiger charge is -2.21. The van der Waals surface area contributed by atoms with E-state index < -0.39 is 6.16 Å². The molecule has 2 atom stereocenters. The van der Waals surface area contributed by atoms with Gasteiger partial charge in [0.15, 0.2) is 0 Å². The van der Waals surface area contributed by atoms with E-state index in [1.54, 1.807) is 0 Å². The van der Waals surface area contributed by atoms with Crippen LogP contribution in [0.2, 0.25) is 5.02 Å². The first-order chi connectivity index (χ1) is 13.7. The van der Waals surface area contributed by atoms with Gasteiger partial charge < -0.3 is 15.2 Å². The molecule has 3 rings (SSSR count). The summed E-state index contributed by atoms with van der Waals surface area (Å²) in [4.78, 5) is 13.0. The molecule has 0 aliphatic carbocycles. The van der Waals surface area contributed by atoms with Crippen LogP contribution in [0.4, 0.5) is 10.5 Å². The zero-order valence-electron chi connectivity index (χ0n) is 17.5. The van der Waals surface area contributed by atoms with Crippen LogP contribution in [0.3, 0.4) is 0 Å². The molecule has 0 aromatic heterocycles. The number of nitrogens with one attached hydrogen (secondary N) is 1. The molecule has 1 aliphatic rings. The van der Waals surface area contributed by atoms with E-state index in [9.17, 15) is 4.79 Å². The summed E-state index contributed by atoms with van der Waals surface area (Å²) in [5.41, 5.74) is 6.92. The van der Waals surface area contributed by atoms with Gasteiger partial charge in [-0.3, -0.25) is 4.90 Å². The minimum absolute atomic E-state index is 0.153. The third-order valence-corrected chi connectivity index (χ3v) is 6.18. The summed E-state index contributed by atoms with van der Waals surface area (Å²) in [6.07, 6.45) is -0.679. The van der Waals surface area contributed by atoms with Gasteiger partial charge in [0.25, 0.3) is 0 Å². The van der Waals surface area contributed by atoms with E-state index in [2.05, 4.69) is 54.4 Å². The van der Waals surface area contributed by atoms with E-state index in [0.29, 0.717) is 6.54 Å². The van der Waals surface area contributed by atoms with Crippen molar-refractivity contribution in [1.82, 2.24) is 4.90 Å². The third kappa shape index (κ3) is 5.43. The molecule has 29 heavy (non-hydrogen) atoms. The average molecular weight is 417 g/mol. The molecule has 5 nitrogen and oxygen atoms in total. The van der Waals surface area contributed by atoms with Crippen molar-refractivity contribution in [2.45, 2.75) is 52.8 Å². The number of hydrogen-bond acceptors (Lipinski definition) is 4. The fraction of sp³-hybridized carbons (Fsp3) is 0.435. The smallest absolute Gasteiger partial charge is 0.450 e. The Morgan fingerprint density at radius 3 is 2.59 bits per heavy atom. The zero-order chi connectivity index (χ0) is 21.1. The Morgan fingerprint density at radius 2 is 1.93 bits per heavy atom. The number of aryl methyl sites for hydroxylation is 3. The van der Waals surface area contributed by atoms with Crippen LogP contribution >= 0.6 is 11.6 Å². The normalized spacial score (nSPS) is 17.9.